The van der Waals surface area contributed by atoms with E-state index in [2.05, 4.69) is 33.0 Å². The van der Waals surface area contributed by atoms with Crippen molar-refractivity contribution in [2.45, 2.75) is 25.3 Å². The summed E-state index contributed by atoms with van der Waals surface area (Å²) in [6, 6.07) is 21.3. The number of aromatic nitrogens is 4. The van der Waals surface area contributed by atoms with E-state index in [1.807, 2.05) is 42.5 Å². The standard InChI is InChI=1S/C24H21N5O2/c30-24(25-21-14-6-11-17-8-4-5-13-20(17)21)22(16-19-12-7-15-31-19)29-23(26-27-28-29)18-9-2-1-3-10-18/h1-5,7-10,12-13,15-16,21H,6,11,14H2,(H,25,30)/b22-16+. The van der Waals surface area contributed by atoms with E-state index in [1.165, 1.54) is 15.8 Å². The van der Waals surface area contributed by atoms with Crippen LogP contribution in [0, 0.1) is 0 Å². The second-order valence-corrected chi connectivity index (χ2v) is 7.44. The second kappa shape index (κ2) is 8.39. The average molecular weight is 411 g/mol. The van der Waals surface area contributed by atoms with E-state index in [9.17, 15) is 4.79 Å². The molecule has 2 aromatic carbocycles. The summed E-state index contributed by atoms with van der Waals surface area (Å²) in [5.41, 5.74) is 3.55. The van der Waals surface area contributed by atoms with Gasteiger partial charge in [0.05, 0.1) is 12.3 Å². The normalized spacial score (nSPS) is 16.0. The molecule has 1 aliphatic rings. The Balaban J connectivity index is 1.52. The average Bonchev–Trinajstić information content (AvgIpc) is 3.50. The number of carbonyl (C=O) groups is 1. The highest BCUT2D eigenvalue weighted by Crippen LogP contribution is 2.30. The molecular formula is C24H21N5O2. The molecule has 0 radical (unpaired) electrons. The molecule has 1 N–H and O–H groups in total. The molecule has 4 aromatic rings. The predicted molar refractivity (Wildman–Crippen MR) is 116 cm³/mol. The Hall–Kier alpha value is -4.00. The molecule has 1 unspecified atom stereocenters. The fraction of sp³-hybridized carbons (Fsp3) is 0.167. The summed E-state index contributed by atoms with van der Waals surface area (Å²) in [6.45, 7) is 0. The molecule has 0 bridgehead atoms. The van der Waals surface area contributed by atoms with Crippen LogP contribution in [0.1, 0.15) is 35.8 Å². The lowest BCUT2D eigenvalue weighted by Gasteiger charge is -2.26. The molecular weight excluding hydrogens is 390 g/mol. The Kier molecular flexibility index (Phi) is 5.14. The van der Waals surface area contributed by atoms with Crippen LogP contribution in [0.25, 0.3) is 23.2 Å². The maximum absolute atomic E-state index is 13.5. The Morgan fingerprint density at radius 1 is 1.06 bits per heavy atom. The first-order valence-electron chi connectivity index (χ1n) is 10.3. The number of carbonyl (C=O) groups excluding carboxylic acids is 1. The minimum atomic E-state index is -0.261. The molecule has 7 heteroatoms. The van der Waals surface area contributed by atoms with Gasteiger partial charge in [-0.1, -0.05) is 54.6 Å². The predicted octanol–water partition coefficient (Wildman–Crippen LogP) is 4.13. The Bertz CT molecular complexity index is 1210. The second-order valence-electron chi connectivity index (χ2n) is 7.44. The topological polar surface area (TPSA) is 85.8 Å². The van der Waals surface area contributed by atoms with Gasteiger partial charge in [-0.15, -0.1) is 5.10 Å². The molecule has 1 amide bonds. The van der Waals surface area contributed by atoms with Gasteiger partial charge < -0.3 is 9.73 Å². The maximum Gasteiger partial charge on any atom is 0.270 e. The van der Waals surface area contributed by atoms with Crippen LogP contribution < -0.4 is 5.32 Å². The van der Waals surface area contributed by atoms with Crippen molar-refractivity contribution >= 4 is 17.7 Å². The van der Waals surface area contributed by atoms with Gasteiger partial charge in [-0.25, -0.2) is 0 Å². The monoisotopic (exact) mass is 411 g/mol. The summed E-state index contributed by atoms with van der Waals surface area (Å²) in [6.07, 6.45) is 6.17. The highest BCUT2D eigenvalue weighted by molar-refractivity contribution is 6.18. The van der Waals surface area contributed by atoms with Crippen LogP contribution in [0.2, 0.25) is 0 Å². The largest absolute Gasteiger partial charge is 0.465 e. The third-order valence-corrected chi connectivity index (χ3v) is 5.46. The fourth-order valence-electron chi connectivity index (χ4n) is 3.98. The van der Waals surface area contributed by atoms with Crippen molar-refractivity contribution in [2.75, 3.05) is 0 Å². The van der Waals surface area contributed by atoms with Gasteiger partial charge in [-0.05, 0) is 52.9 Å². The highest BCUT2D eigenvalue weighted by atomic mass is 16.3. The van der Waals surface area contributed by atoms with Crippen LogP contribution in [-0.4, -0.2) is 26.1 Å². The van der Waals surface area contributed by atoms with E-state index < -0.39 is 0 Å². The van der Waals surface area contributed by atoms with Crippen LogP contribution in [-0.2, 0) is 11.2 Å². The van der Waals surface area contributed by atoms with Crippen LogP contribution in [0.5, 0.6) is 0 Å². The molecule has 154 valence electrons. The summed E-state index contributed by atoms with van der Waals surface area (Å²) in [5.74, 6) is 0.767. The van der Waals surface area contributed by atoms with E-state index in [1.54, 1.807) is 24.5 Å². The number of rotatable bonds is 5. The van der Waals surface area contributed by atoms with E-state index in [4.69, 9.17) is 4.42 Å². The quantitative estimate of drug-likeness (QED) is 0.499. The number of fused-ring (bicyclic) bond motifs is 1. The van der Waals surface area contributed by atoms with Gasteiger partial charge in [0.1, 0.15) is 11.5 Å². The number of amides is 1. The third-order valence-electron chi connectivity index (χ3n) is 5.46. The van der Waals surface area contributed by atoms with Crippen molar-refractivity contribution in [3.63, 3.8) is 0 Å². The molecule has 0 fully saturated rings. The van der Waals surface area contributed by atoms with E-state index in [0.717, 1.165) is 24.8 Å². The molecule has 0 aliphatic heterocycles. The summed E-state index contributed by atoms with van der Waals surface area (Å²) in [5, 5.41) is 15.3. The zero-order valence-electron chi connectivity index (χ0n) is 16.8. The number of hydrogen-bond donors (Lipinski definition) is 1. The number of benzene rings is 2. The maximum atomic E-state index is 13.5. The molecule has 0 saturated carbocycles. The lowest BCUT2D eigenvalue weighted by molar-refractivity contribution is -0.116. The van der Waals surface area contributed by atoms with Crippen molar-refractivity contribution in [3.05, 3.63) is 89.9 Å². The SMILES string of the molecule is O=C(NC1CCCc2ccccc21)/C(=C\c1ccco1)n1nnnc1-c1ccccc1. The molecule has 7 nitrogen and oxygen atoms in total. The first-order chi connectivity index (χ1) is 15.3. The fourth-order valence-corrected chi connectivity index (χ4v) is 3.98. The first-order valence-corrected chi connectivity index (χ1v) is 10.3. The van der Waals surface area contributed by atoms with Gasteiger partial charge in [0, 0.05) is 11.6 Å². The number of nitrogens with zero attached hydrogens (tertiary/aromatic N) is 4. The van der Waals surface area contributed by atoms with Gasteiger partial charge in [0.15, 0.2) is 5.82 Å². The van der Waals surface area contributed by atoms with E-state index in [-0.39, 0.29) is 11.9 Å². The van der Waals surface area contributed by atoms with Crippen LogP contribution in [0.4, 0.5) is 0 Å². The smallest absolute Gasteiger partial charge is 0.270 e. The zero-order valence-corrected chi connectivity index (χ0v) is 16.8. The van der Waals surface area contributed by atoms with Crippen molar-refractivity contribution in [1.29, 1.82) is 0 Å². The molecule has 2 aromatic heterocycles. The summed E-state index contributed by atoms with van der Waals surface area (Å²) >= 11 is 0. The van der Waals surface area contributed by atoms with Gasteiger partial charge in [0.25, 0.3) is 5.91 Å². The van der Waals surface area contributed by atoms with Crippen molar-refractivity contribution in [2.24, 2.45) is 0 Å². The van der Waals surface area contributed by atoms with Crippen LogP contribution in [0.15, 0.2) is 77.4 Å². The Morgan fingerprint density at radius 2 is 1.90 bits per heavy atom. The van der Waals surface area contributed by atoms with Crippen molar-refractivity contribution in [3.8, 4) is 11.4 Å². The molecule has 0 spiro atoms. The zero-order chi connectivity index (χ0) is 21.0. The number of aryl methyl sites for hydroxylation is 1. The molecule has 1 aliphatic carbocycles. The number of nitrogens with one attached hydrogen (secondary N) is 1. The Labute approximate surface area is 179 Å². The van der Waals surface area contributed by atoms with Crippen molar-refractivity contribution in [1.82, 2.24) is 25.5 Å². The lowest BCUT2D eigenvalue weighted by Crippen LogP contribution is -2.33. The van der Waals surface area contributed by atoms with Gasteiger partial charge in [-0.2, -0.15) is 4.68 Å². The minimum absolute atomic E-state index is 0.0610. The Morgan fingerprint density at radius 3 is 2.74 bits per heavy atom. The van der Waals surface area contributed by atoms with Gasteiger partial charge in [0.2, 0.25) is 0 Å². The van der Waals surface area contributed by atoms with Crippen LogP contribution >= 0.6 is 0 Å². The highest BCUT2D eigenvalue weighted by Gasteiger charge is 2.25. The number of furan rings is 1. The molecule has 31 heavy (non-hydrogen) atoms. The number of hydrogen-bond acceptors (Lipinski definition) is 5. The van der Waals surface area contributed by atoms with Crippen molar-refractivity contribution < 1.29 is 9.21 Å². The molecule has 5 rings (SSSR count). The summed E-state index contributed by atoms with van der Waals surface area (Å²) in [7, 11) is 0. The molecule has 0 saturated heterocycles. The van der Waals surface area contributed by atoms with Gasteiger partial charge in [-0.3, -0.25) is 4.79 Å². The molecule has 1 atom stereocenters. The number of tetrazole rings is 1. The molecule has 2 heterocycles. The van der Waals surface area contributed by atoms with E-state index >= 15 is 0 Å². The third kappa shape index (κ3) is 3.90. The minimum Gasteiger partial charge on any atom is -0.465 e. The van der Waals surface area contributed by atoms with E-state index in [0.29, 0.717) is 17.3 Å². The van der Waals surface area contributed by atoms with Crippen LogP contribution in [0.3, 0.4) is 0 Å². The first kappa shape index (κ1) is 19.0. The summed E-state index contributed by atoms with van der Waals surface area (Å²) in [4.78, 5) is 13.5. The van der Waals surface area contributed by atoms with Gasteiger partial charge >= 0.3 is 0 Å². The lowest BCUT2D eigenvalue weighted by atomic mass is 9.87. The summed E-state index contributed by atoms with van der Waals surface area (Å²) < 4.78 is 6.93.